The summed E-state index contributed by atoms with van der Waals surface area (Å²) in [5, 5.41) is 4.16. The lowest BCUT2D eigenvalue weighted by molar-refractivity contribution is -0.114. The van der Waals surface area contributed by atoms with Gasteiger partial charge in [0.25, 0.3) is 0 Å². The van der Waals surface area contributed by atoms with Crippen LogP contribution in [-0.2, 0) is 16.0 Å². The van der Waals surface area contributed by atoms with Crippen LogP contribution in [0.1, 0.15) is 44.2 Å². The van der Waals surface area contributed by atoms with Crippen LogP contribution in [0.5, 0.6) is 5.75 Å². The molecule has 38 heavy (non-hydrogen) atoms. The summed E-state index contributed by atoms with van der Waals surface area (Å²) in [5.74, 6) is 3.98. The highest BCUT2D eigenvalue weighted by atomic mass is 16.5. The van der Waals surface area contributed by atoms with E-state index in [2.05, 4.69) is 40.0 Å². The van der Waals surface area contributed by atoms with Gasteiger partial charge >= 0.3 is 0 Å². The first-order valence-electron chi connectivity index (χ1n) is 13.4. The Hall–Kier alpha value is -3.73. The third kappa shape index (κ3) is 7.41. The maximum absolute atomic E-state index is 13.0. The molecule has 1 N–H and O–H groups in total. The van der Waals surface area contributed by atoms with Crippen molar-refractivity contribution in [2.24, 2.45) is 0 Å². The van der Waals surface area contributed by atoms with E-state index >= 15 is 0 Å². The lowest BCUT2D eigenvalue weighted by Gasteiger charge is -2.18. The van der Waals surface area contributed by atoms with E-state index in [9.17, 15) is 4.79 Å². The quantitative estimate of drug-likeness (QED) is 0.246. The molecule has 2 aromatic carbocycles. The molecule has 1 fully saturated rings. The lowest BCUT2D eigenvalue weighted by atomic mass is 10.0. The van der Waals surface area contributed by atoms with Gasteiger partial charge in [0.1, 0.15) is 24.0 Å². The number of hydrogen-bond donors (Lipinski definition) is 1. The van der Waals surface area contributed by atoms with Gasteiger partial charge in [0.05, 0.1) is 18.7 Å². The number of carbonyl (C=O) groups excluding carboxylic acids is 1. The molecule has 0 amide bonds. The molecule has 0 spiro atoms. The number of ether oxygens (including phenoxy) is 2. The second kappa shape index (κ2) is 13.7. The summed E-state index contributed by atoms with van der Waals surface area (Å²) in [5.41, 5.74) is 3.13. The number of terminal acetylenes is 1. The zero-order valence-electron chi connectivity index (χ0n) is 22.3. The number of nitrogens with zero attached hydrogens (tertiary/aromatic N) is 3. The van der Waals surface area contributed by atoms with Gasteiger partial charge in [-0.05, 0) is 56.3 Å². The summed E-state index contributed by atoms with van der Waals surface area (Å²) in [6.07, 6.45) is 13.9. The van der Waals surface area contributed by atoms with Gasteiger partial charge in [-0.15, -0.1) is 6.42 Å². The van der Waals surface area contributed by atoms with Crippen molar-refractivity contribution in [3.63, 3.8) is 0 Å². The Morgan fingerprint density at radius 1 is 1.24 bits per heavy atom. The van der Waals surface area contributed by atoms with E-state index < -0.39 is 0 Å². The van der Waals surface area contributed by atoms with E-state index in [0.29, 0.717) is 24.8 Å². The van der Waals surface area contributed by atoms with Gasteiger partial charge in [-0.25, -0.2) is 9.97 Å². The Balaban J connectivity index is 1.61. The second-order valence-corrected chi connectivity index (χ2v) is 9.50. The molecule has 198 valence electrons. The molecule has 0 aliphatic carbocycles. The summed E-state index contributed by atoms with van der Waals surface area (Å²) in [6, 6.07) is 11.5. The Morgan fingerprint density at radius 3 is 2.82 bits per heavy atom. The zero-order chi connectivity index (χ0) is 26.7. The fourth-order valence-electron chi connectivity index (χ4n) is 4.59. The Labute approximate surface area is 225 Å². The molecule has 0 radical (unpaired) electrons. The molecule has 1 atom stereocenters. The molecule has 1 saturated heterocycles. The summed E-state index contributed by atoms with van der Waals surface area (Å²) < 4.78 is 11.8. The molecule has 2 heterocycles. The number of carbonyl (C=O) groups is 1. The van der Waals surface area contributed by atoms with Gasteiger partial charge in [0, 0.05) is 47.7 Å². The average molecular weight is 513 g/mol. The van der Waals surface area contributed by atoms with Crippen LogP contribution >= 0.6 is 0 Å². The fourth-order valence-corrected chi connectivity index (χ4v) is 4.59. The summed E-state index contributed by atoms with van der Waals surface area (Å²) in [7, 11) is 0. The van der Waals surface area contributed by atoms with Crippen LogP contribution in [0.3, 0.4) is 0 Å². The van der Waals surface area contributed by atoms with Gasteiger partial charge in [0.15, 0.2) is 5.78 Å². The molecule has 0 unspecified atom stereocenters. The molecule has 0 saturated carbocycles. The van der Waals surface area contributed by atoms with Gasteiger partial charge in [-0.1, -0.05) is 31.9 Å². The van der Waals surface area contributed by atoms with Crippen molar-refractivity contribution in [2.45, 2.75) is 45.6 Å². The number of fused-ring (bicyclic) bond motifs is 1. The Morgan fingerprint density at radius 2 is 2.08 bits per heavy atom. The molecule has 1 aliphatic heterocycles. The number of aromatic nitrogens is 2. The van der Waals surface area contributed by atoms with Crippen molar-refractivity contribution in [3.8, 4) is 18.1 Å². The van der Waals surface area contributed by atoms with Crippen molar-refractivity contribution in [1.29, 1.82) is 0 Å². The van der Waals surface area contributed by atoms with Crippen molar-refractivity contribution in [1.82, 2.24) is 14.9 Å². The van der Waals surface area contributed by atoms with Gasteiger partial charge in [-0.3, -0.25) is 9.69 Å². The number of hydrogen-bond acceptors (Lipinski definition) is 7. The Bertz CT molecular complexity index is 1300. The predicted molar refractivity (Wildman–Crippen MR) is 152 cm³/mol. The van der Waals surface area contributed by atoms with Crippen LogP contribution in [0.4, 0.5) is 11.5 Å². The number of benzene rings is 2. The number of ketones is 1. The first kappa shape index (κ1) is 27.3. The molecule has 7 nitrogen and oxygen atoms in total. The highest BCUT2D eigenvalue weighted by molar-refractivity contribution is 5.96. The molecule has 3 aromatic rings. The van der Waals surface area contributed by atoms with Gasteiger partial charge in [-0.2, -0.15) is 0 Å². The minimum Gasteiger partial charge on any atom is -0.488 e. The lowest BCUT2D eigenvalue weighted by Crippen LogP contribution is -2.25. The third-order valence-electron chi connectivity index (χ3n) is 6.40. The molecule has 1 aliphatic rings. The van der Waals surface area contributed by atoms with Crippen LogP contribution in [0, 0.1) is 12.3 Å². The van der Waals surface area contributed by atoms with E-state index in [4.69, 9.17) is 15.9 Å². The van der Waals surface area contributed by atoms with E-state index in [-0.39, 0.29) is 18.3 Å². The smallest absolute Gasteiger partial charge is 0.159 e. The van der Waals surface area contributed by atoms with Gasteiger partial charge < -0.3 is 14.8 Å². The highest BCUT2D eigenvalue weighted by Crippen LogP contribution is 2.32. The van der Waals surface area contributed by atoms with E-state index in [1.54, 1.807) is 6.08 Å². The SMILES string of the molecule is C#Cc1cccc(Nc2ncnc3cc(O[C@@H]4CCOC4)c(CC(=O)/C=C/CN(CCC)CCC)cc23)c1. The Kier molecular flexibility index (Phi) is 9.85. The predicted octanol–water partition coefficient (Wildman–Crippen LogP) is 5.31. The molecule has 7 heteroatoms. The molecule has 0 bridgehead atoms. The maximum Gasteiger partial charge on any atom is 0.159 e. The van der Waals surface area contributed by atoms with E-state index in [0.717, 1.165) is 66.6 Å². The third-order valence-corrected chi connectivity index (χ3v) is 6.40. The summed E-state index contributed by atoms with van der Waals surface area (Å²) >= 11 is 0. The molecule has 1 aromatic heterocycles. The number of nitrogens with one attached hydrogen (secondary N) is 1. The van der Waals surface area contributed by atoms with Crippen molar-refractivity contribution >= 4 is 28.2 Å². The topological polar surface area (TPSA) is 76.6 Å². The molecular formula is C31H36N4O3. The minimum atomic E-state index is -0.0422. The van der Waals surface area contributed by atoms with Crippen molar-refractivity contribution in [2.75, 3.05) is 38.2 Å². The van der Waals surface area contributed by atoms with Crippen LogP contribution in [-0.4, -0.2) is 59.6 Å². The highest BCUT2D eigenvalue weighted by Gasteiger charge is 2.21. The van der Waals surface area contributed by atoms with Crippen LogP contribution in [0.2, 0.25) is 0 Å². The minimum absolute atomic E-state index is 0.0258. The monoisotopic (exact) mass is 512 g/mol. The molecule has 4 rings (SSSR count). The van der Waals surface area contributed by atoms with Crippen molar-refractivity contribution < 1.29 is 14.3 Å². The zero-order valence-corrected chi connectivity index (χ0v) is 22.3. The van der Waals surface area contributed by atoms with Gasteiger partial charge in [0.2, 0.25) is 0 Å². The first-order valence-corrected chi connectivity index (χ1v) is 13.4. The van der Waals surface area contributed by atoms with Crippen LogP contribution < -0.4 is 10.1 Å². The van der Waals surface area contributed by atoms with Crippen LogP contribution in [0.15, 0.2) is 54.9 Å². The number of rotatable bonds is 13. The fraction of sp³-hybridized carbons (Fsp3) is 0.387. The number of allylic oxidation sites excluding steroid dienone is 1. The first-order chi connectivity index (χ1) is 18.6. The summed E-state index contributed by atoms with van der Waals surface area (Å²) in [4.78, 5) is 24.3. The second-order valence-electron chi connectivity index (χ2n) is 9.50. The average Bonchev–Trinajstić information content (AvgIpc) is 3.43. The number of anilines is 2. The maximum atomic E-state index is 13.0. The summed E-state index contributed by atoms with van der Waals surface area (Å²) in [6.45, 7) is 8.38. The molecular weight excluding hydrogens is 476 g/mol. The van der Waals surface area contributed by atoms with Crippen molar-refractivity contribution in [3.05, 3.63) is 66.0 Å². The standard InChI is InChI=1S/C31H36N4O3/c1-4-13-35(14-5-2)15-8-11-26(36)18-24-19-28-29(20-30(24)38-27-12-16-37-21-27)32-22-33-31(28)34-25-10-7-9-23(6-3)17-25/h3,7-11,17,19-20,22,27H,4-5,12-16,18,21H2,1-2H3,(H,32,33,34)/b11-8+/t27-/m1/s1. The van der Waals surface area contributed by atoms with Crippen LogP contribution in [0.25, 0.3) is 10.9 Å². The normalized spacial score (nSPS) is 15.3. The largest absolute Gasteiger partial charge is 0.488 e. The van der Waals surface area contributed by atoms with E-state index in [1.165, 1.54) is 6.33 Å². The van der Waals surface area contributed by atoms with E-state index in [1.807, 2.05) is 42.5 Å².